The summed E-state index contributed by atoms with van der Waals surface area (Å²) in [6.07, 6.45) is 0.549. The molecule has 0 aliphatic rings. The molecule has 4 nitrogen and oxygen atoms in total. The van der Waals surface area contributed by atoms with Crippen LogP contribution in [0.4, 0.5) is 0 Å². The minimum absolute atomic E-state index is 0.220. The third-order valence-electron chi connectivity index (χ3n) is 2.48. The number of hydrogen-bond donors (Lipinski definition) is 1. The summed E-state index contributed by atoms with van der Waals surface area (Å²) >= 11 is 0. The van der Waals surface area contributed by atoms with Gasteiger partial charge >= 0.3 is 5.97 Å². The van der Waals surface area contributed by atoms with Crippen molar-refractivity contribution in [1.29, 1.82) is 0 Å². The number of aromatic carboxylic acids is 1. The van der Waals surface area contributed by atoms with E-state index in [1.165, 1.54) is 6.07 Å². The fraction of sp³-hybridized carbons (Fsp3) is 0.143. The second-order valence-electron chi connectivity index (χ2n) is 3.72. The number of benzene rings is 1. The van der Waals surface area contributed by atoms with Gasteiger partial charge in [-0.25, -0.2) is 9.78 Å². The van der Waals surface area contributed by atoms with Gasteiger partial charge < -0.3 is 9.84 Å². The van der Waals surface area contributed by atoms with E-state index in [2.05, 4.69) is 4.98 Å². The first-order valence-corrected chi connectivity index (χ1v) is 5.67. The molecule has 92 valence electrons. The molecule has 0 aliphatic heterocycles. The average molecular weight is 243 g/mol. The molecule has 1 aromatic heterocycles. The fourth-order valence-corrected chi connectivity index (χ4v) is 1.61. The van der Waals surface area contributed by atoms with E-state index in [-0.39, 0.29) is 5.56 Å². The molecule has 0 saturated heterocycles. The number of rotatable bonds is 4. The van der Waals surface area contributed by atoms with Gasteiger partial charge in [0, 0.05) is 6.07 Å². The van der Waals surface area contributed by atoms with Crippen LogP contribution < -0.4 is 4.74 Å². The van der Waals surface area contributed by atoms with Crippen molar-refractivity contribution in [2.45, 2.75) is 13.3 Å². The maximum atomic E-state index is 11.0. The molecule has 2 rings (SSSR count). The summed E-state index contributed by atoms with van der Waals surface area (Å²) in [5, 5.41) is 9.00. The lowest BCUT2D eigenvalue weighted by Crippen LogP contribution is -2.04. The molecule has 18 heavy (non-hydrogen) atoms. The Kier molecular flexibility index (Phi) is 3.57. The Bertz CT molecular complexity index is 552. The highest BCUT2D eigenvalue weighted by atomic mass is 16.5. The maximum absolute atomic E-state index is 11.0. The van der Waals surface area contributed by atoms with Crippen molar-refractivity contribution >= 4 is 5.97 Å². The average Bonchev–Trinajstić information content (AvgIpc) is 2.39. The molecule has 0 radical (unpaired) electrons. The van der Waals surface area contributed by atoms with Crippen LogP contribution in [0.2, 0.25) is 0 Å². The summed E-state index contributed by atoms with van der Waals surface area (Å²) in [6.45, 7) is 1.86. The predicted molar refractivity (Wildman–Crippen MR) is 67.1 cm³/mol. The van der Waals surface area contributed by atoms with Crippen LogP contribution in [0.15, 0.2) is 42.5 Å². The summed E-state index contributed by atoms with van der Waals surface area (Å²) in [6, 6.07) is 12.3. The van der Waals surface area contributed by atoms with E-state index >= 15 is 0 Å². The summed E-state index contributed by atoms with van der Waals surface area (Å²) in [5.41, 5.74) is 0.744. The Morgan fingerprint density at radius 3 is 2.56 bits per heavy atom. The van der Waals surface area contributed by atoms with Gasteiger partial charge in [-0.2, -0.15) is 0 Å². The van der Waals surface area contributed by atoms with Gasteiger partial charge in [0.2, 0.25) is 5.88 Å². The van der Waals surface area contributed by atoms with Crippen molar-refractivity contribution in [3.63, 3.8) is 0 Å². The largest absolute Gasteiger partial charge is 0.478 e. The molecular weight excluding hydrogens is 230 g/mol. The zero-order chi connectivity index (χ0) is 13.0. The summed E-state index contributed by atoms with van der Waals surface area (Å²) < 4.78 is 5.55. The van der Waals surface area contributed by atoms with E-state index in [0.29, 0.717) is 23.7 Å². The molecule has 1 N–H and O–H groups in total. The Hall–Kier alpha value is -2.36. The summed E-state index contributed by atoms with van der Waals surface area (Å²) in [4.78, 5) is 15.2. The molecule has 0 amide bonds. The van der Waals surface area contributed by atoms with Gasteiger partial charge in [0.25, 0.3) is 0 Å². The molecule has 0 fully saturated rings. The monoisotopic (exact) mass is 243 g/mol. The SMILES string of the molecule is CCc1nc(Oc2ccccc2)ccc1C(=O)O. The standard InChI is InChI=1S/C14H13NO3/c1-2-12-11(14(16)17)8-9-13(15-12)18-10-6-4-3-5-7-10/h3-9H,2H2,1H3,(H,16,17). The van der Waals surface area contributed by atoms with E-state index in [9.17, 15) is 4.79 Å². The fourth-order valence-electron chi connectivity index (χ4n) is 1.61. The molecule has 0 atom stereocenters. The number of nitrogens with zero attached hydrogens (tertiary/aromatic N) is 1. The number of carbonyl (C=O) groups is 1. The molecule has 0 spiro atoms. The lowest BCUT2D eigenvalue weighted by molar-refractivity contribution is 0.0695. The zero-order valence-corrected chi connectivity index (χ0v) is 9.96. The number of ether oxygens (including phenoxy) is 1. The van der Waals surface area contributed by atoms with Crippen molar-refractivity contribution in [3.05, 3.63) is 53.7 Å². The quantitative estimate of drug-likeness (QED) is 0.896. The highest BCUT2D eigenvalue weighted by Crippen LogP contribution is 2.20. The van der Waals surface area contributed by atoms with Crippen molar-refractivity contribution in [1.82, 2.24) is 4.98 Å². The zero-order valence-electron chi connectivity index (χ0n) is 9.96. The van der Waals surface area contributed by atoms with Crippen LogP contribution in [0, 0.1) is 0 Å². The van der Waals surface area contributed by atoms with E-state index in [1.54, 1.807) is 6.07 Å². The first kappa shape index (κ1) is 12.1. The first-order valence-electron chi connectivity index (χ1n) is 5.67. The summed E-state index contributed by atoms with van der Waals surface area (Å²) in [5.74, 6) is 0.115. The topological polar surface area (TPSA) is 59.4 Å². The minimum atomic E-state index is -0.967. The third kappa shape index (κ3) is 2.66. The molecule has 2 aromatic rings. The second-order valence-corrected chi connectivity index (χ2v) is 3.72. The summed E-state index contributed by atoms with van der Waals surface area (Å²) in [7, 11) is 0. The highest BCUT2D eigenvalue weighted by molar-refractivity contribution is 5.88. The van der Waals surface area contributed by atoms with Crippen LogP contribution in [-0.4, -0.2) is 16.1 Å². The van der Waals surface area contributed by atoms with Gasteiger partial charge in [0.1, 0.15) is 5.75 Å². The van der Waals surface area contributed by atoms with Crippen LogP contribution in [-0.2, 0) is 6.42 Å². The van der Waals surface area contributed by atoms with Crippen LogP contribution in [0.5, 0.6) is 11.6 Å². The Morgan fingerprint density at radius 1 is 1.22 bits per heavy atom. The van der Waals surface area contributed by atoms with Gasteiger partial charge in [-0.15, -0.1) is 0 Å². The van der Waals surface area contributed by atoms with E-state index in [1.807, 2.05) is 37.3 Å². The lowest BCUT2D eigenvalue weighted by Gasteiger charge is -2.07. The second kappa shape index (κ2) is 5.31. The number of carboxylic acid groups (broad SMARTS) is 1. The van der Waals surface area contributed by atoms with Crippen LogP contribution in [0.3, 0.4) is 0 Å². The molecule has 1 aromatic carbocycles. The number of aromatic nitrogens is 1. The van der Waals surface area contributed by atoms with Gasteiger partial charge in [0.05, 0.1) is 11.3 Å². The smallest absolute Gasteiger partial charge is 0.337 e. The number of hydrogen-bond acceptors (Lipinski definition) is 3. The van der Waals surface area contributed by atoms with Crippen molar-refractivity contribution in [3.8, 4) is 11.6 Å². The predicted octanol–water partition coefficient (Wildman–Crippen LogP) is 3.13. The van der Waals surface area contributed by atoms with Crippen molar-refractivity contribution in [2.24, 2.45) is 0 Å². The Balaban J connectivity index is 2.28. The number of carboxylic acids is 1. The van der Waals surface area contributed by atoms with Crippen molar-refractivity contribution in [2.75, 3.05) is 0 Å². The van der Waals surface area contributed by atoms with Gasteiger partial charge in [-0.1, -0.05) is 25.1 Å². The third-order valence-corrected chi connectivity index (χ3v) is 2.48. The molecule has 0 saturated carbocycles. The Labute approximate surface area is 105 Å². The molecular formula is C14H13NO3. The first-order chi connectivity index (χ1) is 8.70. The van der Waals surface area contributed by atoms with E-state index in [0.717, 1.165) is 0 Å². The van der Waals surface area contributed by atoms with Crippen LogP contribution in [0.1, 0.15) is 23.0 Å². The Morgan fingerprint density at radius 2 is 1.94 bits per heavy atom. The molecule has 0 unspecified atom stereocenters. The van der Waals surface area contributed by atoms with Gasteiger partial charge in [-0.3, -0.25) is 0 Å². The van der Waals surface area contributed by atoms with Crippen LogP contribution in [0.25, 0.3) is 0 Å². The minimum Gasteiger partial charge on any atom is -0.478 e. The molecule has 0 bridgehead atoms. The molecule has 4 heteroatoms. The number of para-hydroxylation sites is 1. The van der Waals surface area contributed by atoms with Gasteiger partial charge in [0.15, 0.2) is 0 Å². The van der Waals surface area contributed by atoms with Gasteiger partial charge in [-0.05, 0) is 24.6 Å². The van der Waals surface area contributed by atoms with Crippen LogP contribution >= 0.6 is 0 Å². The maximum Gasteiger partial charge on any atom is 0.337 e. The number of aryl methyl sites for hydroxylation is 1. The van der Waals surface area contributed by atoms with E-state index < -0.39 is 5.97 Å². The lowest BCUT2D eigenvalue weighted by atomic mass is 10.1. The normalized spacial score (nSPS) is 10.1. The molecule has 1 heterocycles. The van der Waals surface area contributed by atoms with E-state index in [4.69, 9.17) is 9.84 Å². The van der Waals surface area contributed by atoms with Crippen molar-refractivity contribution < 1.29 is 14.6 Å². The highest BCUT2D eigenvalue weighted by Gasteiger charge is 2.11. The molecule has 0 aliphatic carbocycles. The number of pyridine rings is 1.